The second kappa shape index (κ2) is 10.8. The van der Waals surface area contributed by atoms with Gasteiger partial charge in [0.15, 0.2) is 0 Å². The molecule has 3 aromatic carbocycles. The Hall–Kier alpha value is -4.26. The van der Waals surface area contributed by atoms with Crippen LogP contribution in [0.5, 0.6) is 17.2 Å². The highest BCUT2D eigenvalue weighted by Crippen LogP contribution is 2.44. The lowest BCUT2D eigenvalue weighted by atomic mass is 9.94. The predicted octanol–water partition coefficient (Wildman–Crippen LogP) is 5.67. The third kappa shape index (κ3) is 5.16. The molecule has 1 amide bonds. The molecule has 1 saturated heterocycles. The highest BCUT2D eigenvalue weighted by Gasteiger charge is 2.47. The number of carbonyl (C=O) groups excluding carboxylic acids is 2. The van der Waals surface area contributed by atoms with Crippen molar-refractivity contribution in [3.05, 3.63) is 89.0 Å². The summed E-state index contributed by atoms with van der Waals surface area (Å²) in [7, 11) is 2.99. The number of aryl methyl sites for hydroxylation is 1. The maximum absolute atomic E-state index is 13.4. The molecule has 7 nitrogen and oxygen atoms in total. The number of amides is 1. The summed E-state index contributed by atoms with van der Waals surface area (Å²) in [6, 6.07) is 18.6. The van der Waals surface area contributed by atoms with Crippen molar-refractivity contribution < 1.29 is 28.9 Å². The Morgan fingerprint density at radius 3 is 2.27 bits per heavy atom. The average molecular weight is 502 g/mol. The first-order chi connectivity index (χ1) is 17.7. The molecule has 4 rings (SSSR count). The molecule has 1 aliphatic heterocycles. The number of methoxy groups -OCH3 is 2. The van der Waals surface area contributed by atoms with Crippen molar-refractivity contribution in [1.82, 2.24) is 0 Å². The number of aliphatic hydroxyl groups excluding tert-OH is 1. The van der Waals surface area contributed by atoms with Gasteiger partial charge in [-0.05, 0) is 60.4 Å². The van der Waals surface area contributed by atoms with Crippen molar-refractivity contribution in [2.75, 3.05) is 25.7 Å². The van der Waals surface area contributed by atoms with Crippen molar-refractivity contribution in [3.63, 3.8) is 0 Å². The van der Waals surface area contributed by atoms with Gasteiger partial charge in [-0.15, -0.1) is 0 Å². The monoisotopic (exact) mass is 501 g/mol. The summed E-state index contributed by atoms with van der Waals surface area (Å²) in [5.41, 5.74) is 2.42. The first-order valence-electron chi connectivity index (χ1n) is 12.1. The number of aliphatic hydroxyl groups is 1. The Kier molecular flexibility index (Phi) is 7.53. The summed E-state index contributed by atoms with van der Waals surface area (Å²) < 4.78 is 16.5. The largest absolute Gasteiger partial charge is 0.507 e. The number of Topliss-reactive ketones (excluding diaryl/α,β-unsaturated/α-hetero) is 1. The lowest BCUT2D eigenvalue weighted by Crippen LogP contribution is -2.29. The fraction of sp³-hybridized carbons (Fsp3) is 0.267. The molecule has 192 valence electrons. The number of anilines is 1. The molecule has 0 radical (unpaired) electrons. The third-order valence-corrected chi connectivity index (χ3v) is 6.17. The highest BCUT2D eigenvalue weighted by molar-refractivity contribution is 6.51. The molecule has 1 unspecified atom stereocenters. The Morgan fingerprint density at radius 1 is 0.946 bits per heavy atom. The number of carbonyl (C=O) groups is 2. The van der Waals surface area contributed by atoms with E-state index in [0.29, 0.717) is 41.0 Å². The molecule has 0 bridgehead atoms. The maximum atomic E-state index is 13.4. The number of rotatable bonds is 8. The van der Waals surface area contributed by atoms with E-state index in [1.807, 2.05) is 49.4 Å². The summed E-state index contributed by atoms with van der Waals surface area (Å²) in [5, 5.41) is 11.5. The summed E-state index contributed by atoms with van der Waals surface area (Å²) in [4.78, 5) is 28.3. The molecule has 1 N–H and O–H groups in total. The van der Waals surface area contributed by atoms with Gasteiger partial charge in [0.1, 0.15) is 23.0 Å². The Labute approximate surface area is 216 Å². The predicted molar refractivity (Wildman–Crippen MR) is 142 cm³/mol. The molecular formula is C30H31NO6. The topological polar surface area (TPSA) is 85.3 Å². The van der Waals surface area contributed by atoms with Crippen LogP contribution in [0.15, 0.2) is 72.3 Å². The molecule has 7 heteroatoms. The molecule has 1 aliphatic rings. The van der Waals surface area contributed by atoms with Gasteiger partial charge in [-0.2, -0.15) is 0 Å². The third-order valence-electron chi connectivity index (χ3n) is 6.17. The lowest BCUT2D eigenvalue weighted by Gasteiger charge is -2.26. The van der Waals surface area contributed by atoms with E-state index in [0.717, 1.165) is 5.56 Å². The van der Waals surface area contributed by atoms with Crippen LogP contribution >= 0.6 is 0 Å². The van der Waals surface area contributed by atoms with E-state index < -0.39 is 17.7 Å². The van der Waals surface area contributed by atoms with Gasteiger partial charge in [-0.25, -0.2) is 0 Å². The quantitative estimate of drug-likeness (QED) is 0.243. The van der Waals surface area contributed by atoms with Crippen molar-refractivity contribution in [3.8, 4) is 17.2 Å². The van der Waals surface area contributed by atoms with E-state index in [1.54, 1.807) is 24.3 Å². The highest BCUT2D eigenvalue weighted by atomic mass is 16.5. The van der Waals surface area contributed by atoms with Crippen molar-refractivity contribution >= 4 is 23.1 Å². The van der Waals surface area contributed by atoms with E-state index in [-0.39, 0.29) is 16.9 Å². The number of hydrogen-bond acceptors (Lipinski definition) is 6. The van der Waals surface area contributed by atoms with Gasteiger partial charge in [0.2, 0.25) is 0 Å². The van der Waals surface area contributed by atoms with Gasteiger partial charge in [0, 0.05) is 11.8 Å². The van der Waals surface area contributed by atoms with Gasteiger partial charge >= 0.3 is 0 Å². The number of ketones is 1. The Balaban J connectivity index is 1.88. The zero-order chi connectivity index (χ0) is 26.7. The molecular weight excluding hydrogens is 470 g/mol. The van der Waals surface area contributed by atoms with Crippen LogP contribution in [0.3, 0.4) is 0 Å². The normalized spacial score (nSPS) is 16.8. The smallest absolute Gasteiger partial charge is 0.300 e. The minimum atomic E-state index is -0.854. The molecule has 1 atom stereocenters. The average Bonchev–Trinajstić information content (AvgIpc) is 3.17. The van der Waals surface area contributed by atoms with E-state index in [9.17, 15) is 14.7 Å². The van der Waals surface area contributed by atoms with Crippen LogP contribution < -0.4 is 19.1 Å². The second-order valence-electron chi connectivity index (χ2n) is 9.35. The van der Waals surface area contributed by atoms with E-state index >= 15 is 0 Å². The van der Waals surface area contributed by atoms with Gasteiger partial charge in [0.05, 0.1) is 38.0 Å². The number of benzene rings is 3. The summed E-state index contributed by atoms with van der Waals surface area (Å²) in [6.45, 7) is 6.62. The van der Waals surface area contributed by atoms with E-state index in [2.05, 4.69) is 13.8 Å². The first-order valence-corrected chi connectivity index (χ1v) is 12.1. The Bertz CT molecular complexity index is 1340. The fourth-order valence-electron chi connectivity index (χ4n) is 4.34. The van der Waals surface area contributed by atoms with Gasteiger partial charge < -0.3 is 19.3 Å². The number of nitrogens with zero attached hydrogens (tertiary/aromatic N) is 1. The molecule has 0 aliphatic carbocycles. The number of ether oxygens (including phenoxy) is 3. The maximum Gasteiger partial charge on any atom is 0.300 e. The number of hydrogen-bond donors (Lipinski definition) is 1. The van der Waals surface area contributed by atoms with Crippen LogP contribution in [0.2, 0.25) is 0 Å². The first kappa shape index (κ1) is 25.8. The minimum absolute atomic E-state index is 0.0224. The van der Waals surface area contributed by atoms with Crippen LogP contribution in [0.1, 0.15) is 36.6 Å². The molecule has 37 heavy (non-hydrogen) atoms. The van der Waals surface area contributed by atoms with Gasteiger partial charge in [-0.1, -0.05) is 38.1 Å². The zero-order valence-corrected chi connectivity index (χ0v) is 21.6. The zero-order valence-electron chi connectivity index (χ0n) is 21.6. The SMILES string of the molecule is COc1ccc(/C(O)=C2/C(=O)C(=O)N(c3cccc(C)c3)C2c2ccc(OCC(C)C)cc2)c(OC)c1. The van der Waals surface area contributed by atoms with E-state index in [1.165, 1.54) is 19.1 Å². The van der Waals surface area contributed by atoms with E-state index in [4.69, 9.17) is 14.2 Å². The summed E-state index contributed by atoms with van der Waals surface area (Å²) >= 11 is 0. The molecule has 0 spiro atoms. The lowest BCUT2D eigenvalue weighted by molar-refractivity contribution is -0.132. The fourth-order valence-corrected chi connectivity index (χ4v) is 4.34. The van der Waals surface area contributed by atoms with Crippen LogP contribution in [0.25, 0.3) is 5.76 Å². The summed E-state index contributed by atoms with van der Waals surface area (Å²) in [6.07, 6.45) is 0. The standard InChI is InChI=1S/C30H31NO6/c1-18(2)17-37-22-11-9-20(10-12-22)27-26(28(32)24-14-13-23(35-4)16-25(24)36-5)29(33)30(34)31(27)21-8-6-7-19(3)15-21/h6-16,18,27,32H,17H2,1-5H3/b28-26-. The van der Waals surface area contributed by atoms with Crippen LogP contribution in [-0.2, 0) is 9.59 Å². The Morgan fingerprint density at radius 2 is 1.65 bits per heavy atom. The van der Waals surface area contributed by atoms with Crippen molar-refractivity contribution in [2.45, 2.75) is 26.8 Å². The molecule has 3 aromatic rings. The molecule has 0 aromatic heterocycles. The van der Waals surface area contributed by atoms with Gasteiger partial charge in [0.25, 0.3) is 11.7 Å². The minimum Gasteiger partial charge on any atom is -0.507 e. The van der Waals surface area contributed by atoms with Crippen molar-refractivity contribution in [2.24, 2.45) is 5.92 Å². The second-order valence-corrected chi connectivity index (χ2v) is 9.35. The molecule has 1 fully saturated rings. The molecule has 0 saturated carbocycles. The summed E-state index contributed by atoms with van der Waals surface area (Å²) in [5.74, 6) is 0.0798. The van der Waals surface area contributed by atoms with Crippen molar-refractivity contribution in [1.29, 1.82) is 0 Å². The van der Waals surface area contributed by atoms with Crippen LogP contribution in [0.4, 0.5) is 5.69 Å². The molecule has 1 heterocycles. The van der Waals surface area contributed by atoms with Crippen LogP contribution in [-0.4, -0.2) is 37.6 Å². The van der Waals surface area contributed by atoms with Crippen LogP contribution in [0, 0.1) is 12.8 Å². The van der Waals surface area contributed by atoms with Gasteiger partial charge in [-0.3, -0.25) is 14.5 Å².